The second-order valence-electron chi connectivity index (χ2n) is 4.48. The number of rotatable bonds is 5. The molecule has 3 atom stereocenters. The molecule has 0 spiro atoms. The Morgan fingerprint density at radius 3 is 2.80 bits per heavy atom. The van der Waals surface area contributed by atoms with Crippen molar-refractivity contribution in [1.29, 1.82) is 0 Å². The molecule has 0 bridgehead atoms. The Labute approximate surface area is 104 Å². The Morgan fingerprint density at radius 1 is 1.60 bits per heavy atom. The van der Waals surface area contributed by atoms with Gasteiger partial charge >= 0.3 is 0 Å². The molecule has 0 amide bonds. The van der Waals surface area contributed by atoms with Gasteiger partial charge in [0.25, 0.3) is 0 Å². The highest BCUT2D eigenvalue weighted by atomic mass is 79.9. The molecule has 0 saturated heterocycles. The highest BCUT2D eigenvalue weighted by Crippen LogP contribution is 2.48. The molecule has 1 aromatic heterocycles. The normalized spacial score (nSPS) is 26.6. The van der Waals surface area contributed by atoms with Crippen LogP contribution < -0.4 is 5.32 Å². The molecule has 3 heteroatoms. The maximum Gasteiger partial charge on any atom is 0.0370 e. The van der Waals surface area contributed by atoms with Gasteiger partial charge in [0.15, 0.2) is 0 Å². The molecule has 0 aromatic carbocycles. The van der Waals surface area contributed by atoms with Crippen LogP contribution in [0.2, 0.25) is 0 Å². The third-order valence-corrected chi connectivity index (χ3v) is 4.94. The summed E-state index contributed by atoms with van der Waals surface area (Å²) in [6.07, 6.45) is 2.59. The predicted molar refractivity (Wildman–Crippen MR) is 70.3 cm³/mol. The zero-order chi connectivity index (χ0) is 10.8. The summed E-state index contributed by atoms with van der Waals surface area (Å²) in [5, 5.41) is 8.15. The zero-order valence-electron chi connectivity index (χ0n) is 9.29. The van der Waals surface area contributed by atoms with Gasteiger partial charge in [0.2, 0.25) is 0 Å². The molecular formula is C12H18BrNS. The third kappa shape index (κ3) is 2.63. The van der Waals surface area contributed by atoms with Crippen LogP contribution in [0.25, 0.3) is 0 Å². The third-order valence-electron chi connectivity index (χ3n) is 3.19. The van der Waals surface area contributed by atoms with Gasteiger partial charge in [0.05, 0.1) is 0 Å². The Kier molecular flexibility index (Phi) is 3.86. The first-order valence-electron chi connectivity index (χ1n) is 5.69. The molecule has 15 heavy (non-hydrogen) atoms. The van der Waals surface area contributed by atoms with Crippen molar-refractivity contribution < 1.29 is 0 Å². The summed E-state index contributed by atoms with van der Waals surface area (Å²) >= 11 is 5.43. The Morgan fingerprint density at radius 2 is 2.33 bits per heavy atom. The number of hydrogen-bond donors (Lipinski definition) is 1. The quantitative estimate of drug-likeness (QED) is 0.856. The summed E-state index contributed by atoms with van der Waals surface area (Å²) in [7, 11) is 0. The Hall–Kier alpha value is 0.140. The van der Waals surface area contributed by atoms with Crippen molar-refractivity contribution in [3.05, 3.63) is 20.8 Å². The minimum Gasteiger partial charge on any atom is -0.310 e. The number of halogens is 1. The van der Waals surface area contributed by atoms with Crippen molar-refractivity contribution in [1.82, 2.24) is 5.32 Å². The lowest BCUT2D eigenvalue weighted by atomic mass is 10.0. The fraction of sp³-hybridized carbons (Fsp3) is 0.667. The Bertz CT molecular complexity index is 323. The van der Waals surface area contributed by atoms with Gasteiger partial charge in [-0.25, -0.2) is 0 Å². The largest absolute Gasteiger partial charge is 0.310 e. The number of thiophene rings is 1. The lowest BCUT2D eigenvalue weighted by molar-refractivity contribution is 0.462. The average Bonchev–Trinajstić information content (AvgIpc) is 2.77. The first-order chi connectivity index (χ1) is 7.24. The van der Waals surface area contributed by atoms with Gasteiger partial charge in [-0.15, -0.1) is 0 Å². The molecule has 1 aliphatic carbocycles. The summed E-state index contributed by atoms with van der Waals surface area (Å²) in [6, 6.07) is 0.570. The van der Waals surface area contributed by atoms with Crippen molar-refractivity contribution in [2.24, 2.45) is 11.8 Å². The summed E-state index contributed by atoms with van der Waals surface area (Å²) in [4.78, 5) is 0. The van der Waals surface area contributed by atoms with E-state index in [9.17, 15) is 0 Å². The second-order valence-corrected chi connectivity index (χ2v) is 6.08. The van der Waals surface area contributed by atoms with Crippen molar-refractivity contribution in [2.75, 3.05) is 6.54 Å². The molecule has 1 aliphatic rings. The van der Waals surface area contributed by atoms with Gasteiger partial charge in [0.1, 0.15) is 0 Å². The first-order valence-corrected chi connectivity index (χ1v) is 7.42. The fourth-order valence-corrected chi connectivity index (χ4v) is 3.70. The number of nitrogens with one attached hydrogen (secondary N) is 1. The van der Waals surface area contributed by atoms with Gasteiger partial charge in [-0.3, -0.25) is 0 Å². The van der Waals surface area contributed by atoms with E-state index in [0.717, 1.165) is 18.4 Å². The number of hydrogen-bond acceptors (Lipinski definition) is 2. The highest BCUT2D eigenvalue weighted by Gasteiger charge is 2.40. The van der Waals surface area contributed by atoms with Crippen LogP contribution in [0.4, 0.5) is 0 Å². The summed E-state index contributed by atoms with van der Waals surface area (Å²) in [5.74, 6) is 1.74. The van der Waals surface area contributed by atoms with E-state index in [1.807, 2.05) is 0 Å². The van der Waals surface area contributed by atoms with E-state index in [1.165, 1.54) is 22.9 Å². The van der Waals surface area contributed by atoms with Crippen molar-refractivity contribution >= 4 is 27.3 Å². The van der Waals surface area contributed by atoms with E-state index < -0.39 is 0 Å². The second kappa shape index (κ2) is 4.98. The fourth-order valence-electron chi connectivity index (χ4n) is 2.12. The molecule has 1 nitrogen and oxygen atoms in total. The Balaban J connectivity index is 2.08. The lowest BCUT2D eigenvalue weighted by Gasteiger charge is -2.18. The molecule has 0 radical (unpaired) electrons. The summed E-state index contributed by atoms with van der Waals surface area (Å²) in [5.41, 5.74) is 1.46. The molecular weight excluding hydrogens is 270 g/mol. The van der Waals surface area contributed by atoms with E-state index in [1.54, 1.807) is 11.3 Å². The van der Waals surface area contributed by atoms with E-state index in [0.29, 0.717) is 6.04 Å². The minimum atomic E-state index is 0.570. The SMILES string of the molecule is CCCNC(c1cscc1Br)C1CC1C. The smallest absolute Gasteiger partial charge is 0.0370 e. The molecule has 84 valence electrons. The van der Waals surface area contributed by atoms with Crippen LogP contribution in [-0.4, -0.2) is 6.54 Å². The van der Waals surface area contributed by atoms with Gasteiger partial charge in [-0.2, -0.15) is 11.3 Å². The van der Waals surface area contributed by atoms with Crippen LogP contribution in [-0.2, 0) is 0 Å². The van der Waals surface area contributed by atoms with E-state index in [4.69, 9.17) is 0 Å². The molecule has 2 rings (SSSR count). The van der Waals surface area contributed by atoms with Crippen LogP contribution in [0.5, 0.6) is 0 Å². The van der Waals surface area contributed by atoms with Crippen molar-refractivity contribution in [2.45, 2.75) is 32.7 Å². The molecule has 1 saturated carbocycles. The lowest BCUT2D eigenvalue weighted by Crippen LogP contribution is -2.24. The van der Waals surface area contributed by atoms with Crippen molar-refractivity contribution in [3.63, 3.8) is 0 Å². The highest BCUT2D eigenvalue weighted by molar-refractivity contribution is 9.10. The predicted octanol–water partition coefficient (Wildman–Crippen LogP) is 4.21. The molecule has 0 aliphatic heterocycles. The maximum absolute atomic E-state index is 3.68. The van der Waals surface area contributed by atoms with E-state index in [-0.39, 0.29) is 0 Å². The van der Waals surface area contributed by atoms with Crippen molar-refractivity contribution in [3.8, 4) is 0 Å². The zero-order valence-corrected chi connectivity index (χ0v) is 11.7. The summed E-state index contributed by atoms with van der Waals surface area (Å²) < 4.78 is 1.28. The van der Waals surface area contributed by atoms with Crippen LogP contribution in [0.15, 0.2) is 15.2 Å². The maximum atomic E-state index is 3.68. The molecule has 1 aromatic rings. The average molecular weight is 288 g/mol. The molecule has 3 unspecified atom stereocenters. The molecule has 1 N–H and O–H groups in total. The van der Waals surface area contributed by atoms with Gasteiger partial charge in [-0.1, -0.05) is 13.8 Å². The molecule has 1 fully saturated rings. The minimum absolute atomic E-state index is 0.570. The van der Waals surface area contributed by atoms with E-state index in [2.05, 4.69) is 45.9 Å². The van der Waals surface area contributed by atoms with Gasteiger partial charge < -0.3 is 5.32 Å². The van der Waals surface area contributed by atoms with Crippen LogP contribution in [0, 0.1) is 11.8 Å². The van der Waals surface area contributed by atoms with Gasteiger partial charge in [-0.05, 0) is 58.1 Å². The first kappa shape index (κ1) is 11.6. The topological polar surface area (TPSA) is 12.0 Å². The molecule has 1 heterocycles. The van der Waals surface area contributed by atoms with Crippen LogP contribution >= 0.6 is 27.3 Å². The van der Waals surface area contributed by atoms with E-state index >= 15 is 0 Å². The van der Waals surface area contributed by atoms with Crippen LogP contribution in [0.3, 0.4) is 0 Å². The standard InChI is InChI=1S/C12H18BrNS/c1-3-4-14-12(9-5-8(9)2)10-6-15-7-11(10)13/h6-9,12,14H,3-5H2,1-2H3. The van der Waals surface area contributed by atoms with Gasteiger partial charge in [0, 0.05) is 15.9 Å². The summed E-state index contributed by atoms with van der Waals surface area (Å²) in [6.45, 7) is 5.70. The monoisotopic (exact) mass is 287 g/mol. The van der Waals surface area contributed by atoms with Crippen LogP contribution in [0.1, 0.15) is 38.3 Å².